The summed E-state index contributed by atoms with van der Waals surface area (Å²) in [5, 5.41) is 11.5. The molecular formula is C20H13ClFNO4. The fourth-order valence-corrected chi connectivity index (χ4v) is 2.50. The summed E-state index contributed by atoms with van der Waals surface area (Å²) in [6.07, 6.45) is 2.72. The number of aromatic carboxylic acids is 1. The quantitative estimate of drug-likeness (QED) is 0.599. The third-order valence-corrected chi connectivity index (χ3v) is 3.90. The lowest BCUT2D eigenvalue weighted by Gasteiger charge is -2.02. The van der Waals surface area contributed by atoms with Gasteiger partial charge in [-0.25, -0.2) is 9.18 Å². The molecule has 0 saturated heterocycles. The van der Waals surface area contributed by atoms with Crippen LogP contribution in [-0.4, -0.2) is 17.0 Å². The molecule has 3 rings (SSSR count). The van der Waals surface area contributed by atoms with Gasteiger partial charge in [-0.05, 0) is 54.6 Å². The standard InChI is InChI=1S/C20H13ClFNO4/c21-16-11-12(4-7-17(16)22)18-8-5-15(27-18)6-9-19(24)23-14-3-1-2-13(10-14)20(25)26/h1-11H,(H,23,24)(H,25,26)/b9-6+. The molecule has 1 amide bonds. The number of anilines is 1. The van der Waals surface area contributed by atoms with Crippen LogP contribution in [0.2, 0.25) is 5.02 Å². The molecule has 0 aliphatic heterocycles. The molecule has 0 radical (unpaired) electrons. The third-order valence-electron chi connectivity index (χ3n) is 3.61. The van der Waals surface area contributed by atoms with Crippen LogP contribution in [-0.2, 0) is 4.79 Å². The van der Waals surface area contributed by atoms with Crippen molar-refractivity contribution in [3.05, 3.63) is 82.8 Å². The minimum Gasteiger partial charge on any atom is -0.478 e. The Hall–Kier alpha value is -3.38. The first kappa shape index (κ1) is 18.4. The van der Waals surface area contributed by atoms with Gasteiger partial charge in [-0.3, -0.25) is 4.79 Å². The molecule has 7 heteroatoms. The van der Waals surface area contributed by atoms with Crippen LogP contribution in [0.25, 0.3) is 17.4 Å². The van der Waals surface area contributed by atoms with E-state index in [0.29, 0.717) is 22.8 Å². The second-order valence-corrected chi connectivity index (χ2v) is 5.95. The second kappa shape index (κ2) is 7.88. The van der Waals surface area contributed by atoms with E-state index in [1.54, 1.807) is 18.2 Å². The minimum atomic E-state index is -1.08. The Bertz CT molecular complexity index is 1040. The number of amides is 1. The number of nitrogens with one attached hydrogen (secondary N) is 1. The summed E-state index contributed by atoms with van der Waals surface area (Å²) < 4.78 is 18.8. The molecule has 0 spiro atoms. The van der Waals surface area contributed by atoms with Gasteiger partial charge >= 0.3 is 5.97 Å². The van der Waals surface area contributed by atoms with Gasteiger partial charge in [0, 0.05) is 17.3 Å². The molecule has 1 aromatic heterocycles. The highest BCUT2D eigenvalue weighted by Crippen LogP contribution is 2.27. The Morgan fingerprint density at radius 3 is 2.67 bits per heavy atom. The largest absolute Gasteiger partial charge is 0.478 e. The summed E-state index contributed by atoms with van der Waals surface area (Å²) in [5.74, 6) is -1.15. The van der Waals surface area contributed by atoms with E-state index < -0.39 is 17.7 Å². The first-order chi connectivity index (χ1) is 12.9. The highest BCUT2D eigenvalue weighted by Gasteiger charge is 2.08. The topological polar surface area (TPSA) is 79.5 Å². The lowest BCUT2D eigenvalue weighted by molar-refractivity contribution is -0.111. The van der Waals surface area contributed by atoms with Crippen LogP contribution < -0.4 is 5.32 Å². The predicted molar refractivity (Wildman–Crippen MR) is 100 cm³/mol. The van der Waals surface area contributed by atoms with Gasteiger partial charge < -0.3 is 14.8 Å². The molecule has 0 unspecified atom stereocenters. The lowest BCUT2D eigenvalue weighted by Crippen LogP contribution is -2.08. The molecule has 136 valence electrons. The van der Waals surface area contributed by atoms with Gasteiger partial charge in [-0.1, -0.05) is 17.7 Å². The number of carbonyl (C=O) groups excluding carboxylic acids is 1. The molecule has 2 N–H and O–H groups in total. The molecule has 0 aliphatic carbocycles. The van der Waals surface area contributed by atoms with Crippen molar-refractivity contribution in [2.75, 3.05) is 5.32 Å². The highest BCUT2D eigenvalue weighted by molar-refractivity contribution is 6.31. The predicted octanol–water partition coefficient (Wildman–Crippen LogP) is 5.09. The van der Waals surface area contributed by atoms with Gasteiger partial charge in [0.05, 0.1) is 10.6 Å². The SMILES string of the molecule is O=C(/C=C/c1ccc(-c2ccc(F)c(Cl)c2)o1)Nc1cccc(C(=O)O)c1. The van der Waals surface area contributed by atoms with Gasteiger partial charge in [0.15, 0.2) is 0 Å². The van der Waals surface area contributed by atoms with E-state index in [9.17, 15) is 14.0 Å². The fourth-order valence-electron chi connectivity index (χ4n) is 2.32. The van der Waals surface area contributed by atoms with Crippen molar-refractivity contribution in [3.8, 4) is 11.3 Å². The lowest BCUT2D eigenvalue weighted by atomic mass is 10.2. The third kappa shape index (κ3) is 4.62. The smallest absolute Gasteiger partial charge is 0.335 e. The van der Waals surface area contributed by atoms with Gasteiger partial charge in [0.2, 0.25) is 5.91 Å². The van der Waals surface area contributed by atoms with Gasteiger partial charge in [-0.2, -0.15) is 0 Å². The van der Waals surface area contributed by atoms with E-state index in [4.69, 9.17) is 21.1 Å². The van der Waals surface area contributed by atoms with E-state index in [-0.39, 0.29) is 10.6 Å². The molecule has 5 nitrogen and oxygen atoms in total. The zero-order valence-corrected chi connectivity index (χ0v) is 14.5. The monoisotopic (exact) mass is 385 g/mol. The summed E-state index contributed by atoms with van der Waals surface area (Å²) in [4.78, 5) is 22.9. The molecule has 27 heavy (non-hydrogen) atoms. The van der Waals surface area contributed by atoms with E-state index >= 15 is 0 Å². The van der Waals surface area contributed by atoms with E-state index in [2.05, 4.69) is 5.32 Å². The molecule has 0 aliphatic rings. The van der Waals surface area contributed by atoms with Crippen LogP contribution in [0.3, 0.4) is 0 Å². The maximum Gasteiger partial charge on any atom is 0.335 e. The van der Waals surface area contributed by atoms with Crippen LogP contribution in [0.5, 0.6) is 0 Å². The van der Waals surface area contributed by atoms with Gasteiger partial charge in [0.1, 0.15) is 17.3 Å². The molecule has 0 saturated carbocycles. The zero-order valence-electron chi connectivity index (χ0n) is 13.8. The van der Waals surface area contributed by atoms with Crippen molar-refractivity contribution in [3.63, 3.8) is 0 Å². The van der Waals surface area contributed by atoms with Crippen LogP contribution in [0.4, 0.5) is 10.1 Å². The summed E-state index contributed by atoms with van der Waals surface area (Å²) in [6, 6.07) is 13.5. The van der Waals surface area contributed by atoms with Crippen molar-refractivity contribution < 1.29 is 23.5 Å². The number of halogens is 2. The Labute approximate surface area is 158 Å². The molecule has 0 fully saturated rings. The van der Waals surface area contributed by atoms with E-state index in [0.717, 1.165) is 0 Å². The molecule has 0 bridgehead atoms. The summed E-state index contributed by atoms with van der Waals surface area (Å²) in [5.41, 5.74) is 1.05. The average Bonchev–Trinajstić information content (AvgIpc) is 3.11. The number of carboxylic acids is 1. The maximum atomic E-state index is 13.2. The summed E-state index contributed by atoms with van der Waals surface area (Å²) >= 11 is 5.76. The van der Waals surface area contributed by atoms with Crippen LogP contribution >= 0.6 is 11.6 Å². The highest BCUT2D eigenvalue weighted by atomic mass is 35.5. The fraction of sp³-hybridized carbons (Fsp3) is 0. The molecule has 0 atom stereocenters. The van der Waals surface area contributed by atoms with Gasteiger partial charge in [-0.15, -0.1) is 0 Å². The number of benzene rings is 2. The number of furan rings is 1. The van der Waals surface area contributed by atoms with Crippen molar-refractivity contribution in [1.82, 2.24) is 0 Å². The number of carboxylic acid groups (broad SMARTS) is 1. The van der Waals surface area contributed by atoms with E-state index in [1.165, 1.54) is 48.6 Å². The number of rotatable bonds is 5. The molecular weight excluding hydrogens is 373 g/mol. The van der Waals surface area contributed by atoms with Crippen molar-refractivity contribution in [1.29, 1.82) is 0 Å². The zero-order chi connectivity index (χ0) is 19.4. The average molecular weight is 386 g/mol. The van der Waals surface area contributed by atoms with Crippen molar-refractivity contribution in [2.45, 2.75) is 0 Å². The number of carbonyl (C=O) groups is 2. The summed E-state index contributed by atoms with van der Waals surface area (Å²) in [7, 11) is 0. The van der Waals surface area contributed by atoms with E-state index in [1.807, 2.05) is 0 Å². The maximum absolute atomic E-state index is 13.2. The summed E-state index contributed by atoms with van der Waals surface area (Å²) in [6.45, 7) is 0. The Balaban J connectivity index is 1.68. The van der Waals surface area contributed by atoms with Crippen LogP contribution in [0.15, 0.2) is 65.1 Å². The molecule has 3 aromatic rings. The Morgan fingerprint density at radius 1 is 1.11 bits per heavy atom. The second-order valence-electron chi connectivity index (χ2n) is 5.54. The van der Waals surface area contributed by atoms with Crippen LogP contribution in [0, 0.1) is 5.82 Å². The minimum absolute atomic E-state index is 0.0102. The Kier molecular flexibility index (Phi) is 5.38. The van der Waals surface area contributed by atoms with Crippen molar-refractivity contribution in [2.24, 2.45) is 0 Å². The van der Waals surface area contributed by atoms with Crippen molar-refractivity contribution >= 4 is 35.2 Å². The molecule has 2 aromatic carbocycles. The Morgan fingerprint density at radius 2 is 1.93 bits per heavy atom. The number of hydrogen-bond donors (Lipinski definition) is 2. The first-order valence-electron chi connectivity index (χ1n) is 7.80. The normalized spacial score (nSPS) is 10.9. The van der Waals surface area contributed by atoms with Gasteiger partial charge in [0.25, 0.3) is 0 Å². The van der Waals surface area contributed by atoms with Crippen LogP contribution in [0.1, 0.15) is 16.1 Å². The molecule has 1 heterocycles. The first-order valence-corrected chi connectivity index (χ1v) is 8.18. The number of hydrogen-bond acceptors (Lipinski definition) is 3.